The van der Waals surface area contributed by atoms with Crippen molar-refractivity contribution in [3.63, 3.8) is 0 Å². The molecular weight excluding hydrogens is 449 g/mol. The molecule has 10 heteroatoms. The summed E-state index contributed by atoms with van der Waals surface area (Å²) in [5.41, 5.74) is 9.34. The van der Waals surface area contributed by atoms with Crippen molar-refractivity contribution in [1.29, 1.82) is 0 Å². The zero-order chi connectivity index (χ0) is 21.8. The smallest absolute Gasteiger partial charge is 0.260 e. The van der Waals surface area contributed by atoms with Crippen molar-refractivity contribution in [1.82, 2.24) is 30.2 Å². The summed E-state index contributed by atoms with van der Waals surface area (Å²) in [5, 5.41) is 17.1. The second-order valence-corrected chi connectivity index (χ2v) is 8.50. The first kappa shape index (κ1) is 19.2. The van der Waals surface area contributed by atoms with Crippen molar-refractivity contribution in [3.05, 3.63) is 52.5 Å². The fraction of sp³-hybridized carbons (Fsp3) is 0.136. The number of nitrogens with zero attached hydrogens (tertiary/aromatic N) is 4. The monoisotopic (exact) mass is 465 g/mol. The van der Waals surface area contributed by atoms with Crippen molar-refractivity contribution in [2.24, 2.45) is 0 Å². The fourth-order valence-corrected chi connectivity index (χ4v) is 4.52. The van der Waals surface area contributed by atoms with Crippen LogP contribution in [0.3, 0.4) is 0 Å². The van der Waals surface area contributed by atoms with Crippen molar-refractivity contribution >= 4 is 72.8 Å². The number of hydrogen-bond donors (Lipinski definition) is 3. The summed E-state index contributed by atoms with van der Waals surface area (Å²) in [5.74, 6) is 0.911. The van der Waals surface area contributed by atoms with Crippen LogP contribution in [0.5, 0.6) is 5.75 Å². The van der Waals surface area contributed by atoms with Crippen LogP contribution in [-0.2, 0) is 6.54 Å². The van der Waals surface area contributed by atoms with Crippen molar-refractivity contribution in [3.8, 4) is 5.75 Å². The van der Waals surface area contributed by atoms with Crippen LogP contribution in [0.15, 0.2) is 42.5 Å². The number of rotatable bonds is 5. The summed E-state index contributed by atoms with van der Waals surface area (Å²) in [6.07, 6.45) is 0.686. The van der Waals surface area contributed by atoms with Crippen LogP contribution in [0.1, 0.15) is 6.42 Å². The molecule has 0 aliphatic rings. The molecule has 0 saturated heterocycles. The van der Waals surface area contributed by atoms with Gasteiger partial charge in [0.05, 0.1) is 24.2 Å². The molecule has 4 N–H and O–H groups in total. The molecule has 8 nitrogen and oxygen atoms in total. The Balaban J connectivity index is 1.49. The number of aromatic nitrogens is 6. The van der Waals surface area contributed by atoms with E-state index in [1.54, 1.807) is 0 Å². The van der Waals surface area contributed by atoms with Crippen LogP contribution >= 0.6 is 23.2 Å². The maximum Gasteiger partial charge on any atom is 0.260 e. The van der Waals surface area contributed by atoms with Gasteiger partial charge in [-0.3, -0.25) is 0 Å². The Hall–Kier alpha value is -3.49. The molecule has 0 amide bonds. The van der Waals surface area contributed by atoms with Crippen LogP contribution < -0.4 is 10.5 Å². The normalized spacial score (nSPS) is 11.9. The average Bonchev–Trinajstić information content (AvgIpc) is 3.46. The minimum absolute atomic E-state index is 0.158. The first-order valence-electron chi connectivity index (χ1n) is 10.1. The Kier molecular flexibility index (Phi) is 4.38. The maximum absolute atomic E-state index is 6.33. The largest absolute Gasteiger partial charge is 0.489 e. The zero-order valence-corrected chi connectivity index (χ0v) is 18.2. The SMILES string of the molecule is Nc1nnn(CCCOc2c3[nH]c4ccc(Cl)cc4c3cc3c2[nH]c2ccc(Cl)cc23)n1. The lowest BCUT2D eigenvalue weighted by Crippen LogP contribution is -2.08. The number of tetrazole rings is 1. The number of nitrogens with one attached hydrogen (secondary N) is 2. The van der Waals surface area contributed by atoms with E-state index in [2.05, 4.69) is 31.4 Å². The van der Waals surface area contributed by atoms with Gasteiger partial charge in [0.15, 0.2) is 5.75 Å². The van der Waals surface area contributed by atoms with Gasteiger partial charge in [0.2, 0.25) is 0 Å². The molecule has 0 unspecified atom stereocenters. The first-order chi connectivity index (χ1) is 15.6. The molecule has 3 heterocycles. The number of benzene rings is 3. The van der Waals surface area contributed by atoms with E-state index in [-0.39, 0.29) is 5.95 Å². The van der Waals surface area contributed by atoms with E-state index in [4.69, 9.17) is 33.7 Å². The molecule has 0 saturated carbocycles. The second kappa shape index (κ2) is 7.29. The molecule has 0 aliphatic heterocycles. The number of nitrogen functional groups attached to an aromatic ring is 1. The van der Waals surface area contributed by atoms with E-state index in [1.165, 1.54) is 4.80 Å². The van der Waals surface area contributed by atoms with Crippen LogP contribution in [-0.4, -0.2) is 36.8 Å². The number of fused-ring (bicyclic) bond motifs is 6. The third-order valence-electron chi connectivity index (χ3n) is 5.56. The van der Waals surface area contributed by atoms with Crippen molar-refractivity contribution < 1.29 is 4.74 Å². The number of anilines is 1. The first-order valence-corrected chi connectivity index (χ1v) is 10.8. The molecule has 0 aliphatic carbocycles. The Morgan fingerprint density at radius 3 is 2.06 bits per heavy atom. The lowest BCUT2D eigenvalue weighted by Gasteiger charge is -2.09. The van der Waals surface area contributed by atoms with Crippen molar-refractivity contribution in [2.75, 3.05) is 12.3 Å². The predicted molar refractivity (Wildman–Crippen MR) is 128 cm³/mol. The highest BCUT2D eigenvalue weighted by Crippen LogP contribution is 2.41. The summed E-state index contributed by atoms with van der Waals surface area (Å²) in [7, 11) is 0. The molecule has 6 rings (SSSR count). The van der Waals surface area contributed by atoms with E-state index in [0.29, 0.717) is 29.6 Å². The van der Waals surface area contributed by atoms with Crippen molar-refractivity contribution in [2.45, 2.75) is 13.0 Å². The summed E-state index contributed by atoms with van der Waals surface area (Å²) in [4.78, 5) is 8.46. The van der Waals surface area contributed by atoms with Crippen LogP contribution in [0.2, 0.25) is 10.0 Å². The van der Waals surface area contributed by atoms with Gasteiger partial charge in [-0.1, -0.05) is 28.3 Å². The van der Waals surface area contributed by atoms with E-state index >= 15 is 0 Å². The van der Waals surface area contributed by atoms with Gasteiger partial charge in [0.25, 0.3) is 5.95 Å². The Morgan fingerprint density at radius 1 is 0.875 bits per heavy atom. The van der Waals surface area contributed by atoms with E-state index in [1.807, 2.05) is 36.4 Å². The molecule has 0 atom stereocenters. The Bertz CT molecular complexity index is 1540. The highest BCUT2D eigenvalue weighted by Gasteiger charge is 2.18. The third-order valence-corrected chi connectivity index (χ3v) is 6.03. The lowest BCUT2D eigenvalue weighted by atomic mass is 10.1. The molecule has 3 aromatic heterocycles. The predicted octanol–water partition coefficient (Wildman–Crippen LogP) is 5.30. The lowest BCUT2D eigenvalue weighted by molar-refractivity contribution is 0.298. The molecule has 3 aromatic carbocycles. The number of H-pyrrole nitrogens is 2. The number of ether oxygens (including phenoxy) is 1. The molecule has 0 spiro atoms. The number of aryl methyl sites for hydroxylation is 1. The van der Waals surface area contributed by atoms with Crippen LogP contribution in [0.25, 0.3) is 43.6 Å². The van der Waals surface area contributed by atoms with E-state index in [0.717, 1.165) is 49.4 Å². The Labute approximate surface area is 191 Å². The quantitative estimate of drug-likeness (QED) is 0.299. The van der Waals surface area contributed by atoms with Gasteiger partial charge in [0, 0.05) is 49.0 Å². The van der Waals surface area contributed by atoms with Gasteiger partial charge in [0.1, 0.15) is 0 Å². The molecule has 6 aromatic rings. The summed E-state index contributed by atoms with van der Waals surface area (Å²) in [6.45, 7) is 1.01. The molecule has 32 heavy (non-hydrogen) atoms. The summed E-state index contributed by atoms with van der Waals surface area (Å²) in [6, 6.07) is 13.8. The standard InChI is InChI=1S/C22H17Cl2N7O/c23-11-2-4-17-13(8-11)15-10-16-14-9-12(24)3-5-18(14)27-20(16)21(19(15)26-17)32-7-1-6-31-29-22(25)28-30-31/h2-5,8-10,26-27H,1,6-7H2,(H2,25,29). The van der Waals surface area contributed by atoms with E-state index < -0.39 is 0 Å². The average molecular weight is 466 g/mol. The van der Waals surface area contributed by atoms with Gasteiger partial charge in [-0.15, -0.1) is 5.10 Å². The van der Waals surface area contributed by atoms with Gasteiger partial charge < -0.3 is 20.4 Å². The molecule has 160 valence electrons. The summed E-state index contributed by atoms with van der Waals surface area (Å²) < 4.78 is 6.33. The zero-order valence-electron chi connectivity index (χ0n) is 16.7. The third kappa shape index (κ3) is 3.11. The minimum Gasteiger partial charge on any atom is -0.489 e. The highest BCUT2D eigenvalue weighted by atomic mass is 35.5. The summed E-state index contributed by atoms with van der Waals surface area (Å²) >= 11 is 12.6. The molecular formula is C22H17Cl2N7O. The van der Waals surface area contributed by atoms with Gasteiger partial charge in [-0.25, -0.2) is 0 Å². The highest BCUT2D eigenvalue weighted by molar-refractivity contribution is 6.33. The van der Waals surface area contributed by atoms with Gasteiger partial charge in [-0.05, 0) is 47.7 Å². The minimum atomic E-state index is 0.158. The molecule has 0 radical (unpaired) electrons. The number of halogens is 2. The molecule has 0 bridgehead atoms. The van der Waals surface area contributed by atoms with Crippen LogP contribution in [0.4, 0.5) is 5.95 Å². The van der Waals surface area contributed by atoms with E-state index in [9.17, 15) is 0 Å². The fourth-order valence-electron chi connectivity index (χ4n) is 4.17. The number of nitrogens with two attached hydrogens (primary N) is 1. The van der Waals surface area contributed by atoms with Crippen LogP contribution in [0, 0.1) is 0 Å². The number of aromatic amines is 2. The topological polar surface area (TPSA) is 110 Å². The van der Waals surface area contributed by atoms with Gasteiger partial charge in [-0.2, -0.15) is 4.80 Å². The molecule has 0 fully saturated rings. The Morgan fingerprint density at radius 2 is 1.50 bits per heavy atom. The number of hydrogen-bond acceptors (Lipinski definition) is 5. The van der Waals surface area contributed by atoms with Gasteiger partial charge >= 0.3 is 0 Å². The maximum atomic E-state index is 6.33. The second-order valence-electron chi connectivity index (χ2n) is 7.63.